The maximum Gasteiger partial charge on any atom is 0.159 e. The summed E-state index contributed by atoms with van der Waals surface area (Å²) in [5, 5.41) is 0. The zero-order valence-corrected chi connectivity index (χ0v) is 11.7. The van der Waals surface area contributed by atoms with Gasteiger partial charge in [-0.25, -0.2) is 0 Å². The highest BCUT2D eigenvalue weighted by molar-refractivity contribution is 5.93. The Bertz CT molecular complexity index is 365. The zero-order chi connectivity index (χ0) is 13.1. The van der Waals surface area contributed by atoms with Crippen LogP contribution in [0, 0.1) is 17.3 Å². The minimum Gasteiger partial charge on any atom is -0.295 e. The fourth-order valence-corrected chi connectivity index (χ4v) is 2.62. The molecule has 0 saturated heterocycles. The molecule has 0 aromatic heterocycles. The van der Waals surface area contributed by atoms with E-state index in [1.807, 2.05) is 26.0 Å². The van der Waals surface area contributed by atoms with E-state index in [9.17, 15) is 4.79 Å². The Balaban J connectivity index is 2.83. The van der Waals surface area contributed by atoms with Crippen LogP contribution in [0.5, 0.6) is 0 Å². The predicted octanol–water partition coefficient (Wildman–Crippen LogP) is 4.32. The lowest BCUT2D eigenvalue weighted by Gasteiger charge is -2.38. The molecule has 0 aliphatic heterocycles. The molecular weight excluding hydrogens is 208 g/mol. The molecule has 0 aromatic carbocycles. The van der Waals surface area contributed by atoms with Crippen molar-refractivity contribution in [3.8, 4) is 0 Å². The quantitative estimate of drug-likeness (QED) is 0.402. The van der Waals surface area contributed by atoms with Gasteiger partial charge in [-0.05, 0) is 37.7 Å². The molecule has 0 fully saturated rings. The Hall–Kier alpha value is -1.11. The third kappa shape index (κ3) is 3.69. The van der Waals surface area contributed by atoms with Crippen molar-refractivity contribution >= 4 is 5.78 Å². The summed E-state index contributed by atoms with van der Waals surface area (Å²) in [4.78, 5) is 12.3. The second-order valence-corrected chi connectivity index (χ2v) is 5.96. The van der Waals surface area contributed by atoms with Gasteiger partial charge >= 0.3 is 0 Å². The minimum atomic E-state index is 0.0700. The van der Waals surface area contributed by atoms with Crippen LogP contribution in [-0.4, -0.2) is 5.78 Å². The first kappa shape index (κ1) is 14.0. The molecule has 0 saturated carbocycles. The van der Waals surface area contributed by atoms with Crippen molar-refractivity contribution in [3.05, 3.63) is 36.0 Å². The standard InChI is InChI=1S/C16H24O/c1-12(2)8-6-10-14(17)15-13(3)9-7-11-16(15,4)5/h6-10,13,15H,11H2,1-5H3/b10-6+. The van der Waals surface area contributed by atoms with Gasteiger partial charge in [-0.15, -0.1) is 0 Å². The molecule has 0 spiro atoms. The van der Waals surface area contributed by atoms with Gasteiger partial charge in [0.05, 0.1) is 0 Å². The monoisotopic (exact) mass is 232 g/mol. The number of allylic oxidation sites excluding steroid dienone is 6. The SMILES string of the molecule is CC(C)=C/C=C/C(=O)C1C(C)C=CCC1(C)C. The molecule has 1 heteroatoms. The molecule has 0 N–H and O–H groups in total. The highest BCUT2D eigenvalue weighted by Crippen LogP contribution is 2.41. The van der Waals surface area contributed by atoms with Gasteiger partial charge < -0.3 is 0 Å². The van der Waals surface area contributed by atoms with E-state index in [2.05, 4.69) is 32.9 Å². The average molecular weight is 232 g/mol. The molecule has 1 aliphatic carbocycles. The molecule has 1 rings (SSSR count). The topological polar surface area (TPSA) is 17.1 Å². The Morgan fingerprint density at radius 1 is 1.35 bits per heavy atom. The number of hydrogen-bond donors (Lipinski definition) is 0. The number of ketones is 1. The van der Waals surface area contributed by atoms with Crippen LogP contribution in [0.15, 0.2) is 36.0 Å². The predicted molar refractivity (Wildman–Crippen MR) is 73.8 cm³/mol. The summed E-state index contributed by atoms with van der Waals surface area (Å²) in [5.41, 5.74) is 1.28. The van der Waals surface area contributed by atoms with Gasteiger partial charge in [-0.2, -0.15) is 0 Å². The van der Waals surface area contributed by atoms with Crippen LogP contribution in [0.2, 0.25) is 0 Å². The normalized spacial score (nSPS) is 27.1. The molecule has 2 unspecified atom stereocenters. The van der Waals surface area contributed by atoms with Crippen molar-refractivity contribution in [2.45, 2.75) is 41.0 Å². The third-order valence-electron chi connectivity index (χ3n) is 3.45. The summed E-state index contributed by atoms with van der Waals surface area (Å²) in [6.07, 6.45) is 10.9. The van der Waals surface area contributed by atoms with Crippen LogP contribution >= 0.6 is 0 Å². The Morgan fingerprint density at radius 3 is 2.53 bits per heavy atom. The molecule has 2 atom stereocenters. The summed E-state index contributed by atoms with van der Waals surface area (Å²) < 4.78 is 0. The highest BCUT2D eigenvalue weighted by Gasteiger charge is 2.38. The fraction of sp³-hybridized carbons (Fsp3) is 0.562. The second kappa shape index (κ2) is 5.48. The Labute approximate surface area is 105 Å². The smallest absolute Gasteiger partial charge is 0.159 e. The molecule has 17 heavy (non-hydrogen) atoms. The maximum absolute atomic E-state index is 12.3. The zero-order valence-electron chi connectivity index (χ0n) is 11.7. The molecule has 0 bridgehead atoms. The second-order valence-electron chi connectivity index (χ2n) is 5.96. The Morgan fingerprint density at radius 2 is 2.00 bits per heavy atom. The van der Waals surface area contributed by atoms with Crippen molar-refractivity contribution in [2.24, 2.45) is 17.3 Å². The van der Waals surface area contributed by atoms with E-state index >= 15 is 0 Å². The van der Waals surface area contributed by atoms with Crippen LogP contribution < -0.4 is 0 Å². The van der Waals surface area contributed by atoms with Gasteiger partial charge in [-0.3, -0.25) is 4.79 Å². The summed E-state index contributed by atoms with van der Waals surface area (Å²) in [6, 6.07) is 0. The molecule has 1 aliphatic rings. The van der Waals surface area contributed by atoms with Crippen LogP contribution in [0.3, 0.4) is 0 Å². The molecule has 0 heterocycles. The van der Waals surface area contributed by atoms with Crippen molar-refractivity contribution in [1.82, 2.24) is 0 Å². The van der Waals surface area contributed by atoms with Gasteiger partial charge in [0, 0.05) is 5.92 Å². The molecule has 1 nitrogen and oxygen atoms in total. The molecular formula is C16H24O. The first-order chi connectivity index (χ1) is 7.84. The first-order valence-electron chi connectivity index (χ1n) is 6.36. The summed E-state index contributed by atoms with van der Waals surface area (Å²) in [6.45, 7) is 10.6. The summed E-state index contributed by atoms with van der Waals surface area (Å²) in [7, 11) is 0. The van der Waals surface area contributed by atoms with E-state index in [4.69, 9.17) is 0 Å². The van der Waals surface area contributed by atoms with Gasteiger partial charge in [0.1, 0.15) is 0 Å². The van der Waals surface area contributed by atoms with Crippen LogP contribution in [-0.2, 0) is 4.79 Å². The van der Waals surface area contributed by atoms with Crippen molar-refractivity contribution in [1.29, 1.82) is 0 Å². The molecule has 0 aromatic rings. The van der Waals surface area contributed by atoms with E-state index in [1.54, 1.807) is 6.08 Å². The lowest BCUT2D eigenvalue weighted by molar-refractivity contribution is -0.123. The van der Waals surface area contributed by atoms with E-state index in [1.165, 1.54) is 5.57 Å². The van der Waals surface area contributed by atoms with Crippen molar-refractivity contribution in [2.75, 3.05) is 0 Å². The minimum absolute atomic E-state index is 0.0700. The van der Waals surface area contributed by atoms with E-state index in [0.717, 1.165) is 6.42 Å². The van der Waals surface area contributed by atoms with Crippen LogP contribution in [0.25, 0.3) is 0 Å². The number of hydrogen-bond acceptors (Lipinski definition) is 1. The number of rotatable bonds is 3. The highest BCUT2D eigenvalue weighted by atomic mass is 16.1. The van der Waals surface area contributed by atoms with Gasteiger partial charge in [0.15, 0.2) is 5.78 Å². The van der Waals surface area contributed by atoms with Gasteiger partial charge in [0.25, 0.3) is 0 Å². The van der Waals surface area contributed by atoms with Gasteiger partial charge in [-0.1, -0.05) is 50.6 Å². The fourth-order valence-electron chi connectivity index (χ4n) is 2.62. The lowest BCUT2D eigenvalue weighted by atomic mass is 9.65. The number of carbonyl (C=O) groups excluding carboxylic acids is 1. The summed E-state index contributed by atoms with van der Waals surface area (Å²) in [5.74, 6) is 0.696. The van der Waals surface area contributed by atoms with Gasteiger partial charge in [0.2, 0.25) is 0 Å². The largest absolute Gasteiger partial charge is 0.295 e. The van der Waals surface area contributed by atoms with Crippen molar-refractivity contribution < 1.29 is 4.79 Å². The Kier molecular flexibility index (Phi) is 4.50. The molecule has 0 amide bonds. The molecule has 0 radical (unpaired) electrons. The number of carbonyl (C=O) groups is 1. The molecule has 94 valence electrons. The van der Waals surface area contributed by atoms with Crippen molar-refractivity contribution in [3.63, 3.8) is 0 Å². The third-order valence-corrected chi connectivity index (χ3v) is 3.45. The lowest BCUT2D eigenvalue weighted by Crippen LogP contribution is -2.36. The maximum atomic E-state index is 12.3. The summed E-state index contributed by atoms with van der Waals surface area (Å²) >= 11 is 0. The van der Waals surface area contributed by atoms with E-state index in [-0.39, 0.29) is 17.1 Å². The first-order valence-corrected chi connectivity index (χ1v) is 6.36. The van der Waals surface area contributed by atoms with Crippen LogP contribution in [0.1, 0.15) is 41.0 Å². The van der Waals surface area contributed by atoms with E-state index in [0.29, 0.717) is 5.92 Å². The average Bonchev–Trinajstić information content (AvgIpc) is 2.15. The van der Waals surface area contributed by atoms with E-state index < -0.39 is 0 Å². The van der Waals surface area contributed by atoms with Crippen LogP contribution in [0.4, 0.5) is 0 Å².